The van der Waals surface area contributed by atoms with Gasteiger partial charge in [-0.05, 0) is 29.8 Å². The number of hydrogen-bond donors (Lipinski definition) is 2. The number of rotatable bonds is 7. The zero-order chi connectivity index (χ0) is 15.1. The first-order valence-electron chi connectivity index (χ1n) is 6.65. The fourth-order valence-corrected chi connectivity index (χ4v) is 1.71. The van der Waals surface area contributed by atoms with Crippen LogP contribution < -0.4 is 15.2 Å². The first-order valence-corrected chi connectivity index (χ1v) is 6.65. The normalized spacial score (nSPS) is 12.0. The summed E-state index contributed by atoms with van der Waals surface area (Å²) in [5, 5.41) is 9.78. The molecule has 4 nitrogen and oxygen atoms in total. The minimum atomic E-state index is -0.803. The van der Waals surface area contributed by atoms with Crippen LogP contribution in [-0.4, -0.2) is 24.4 Å². The van der Waals surface area contributed by atoms with E-state index in [9.17, 15) is 9.50 Å². The number of halogens is 1. The van der Waals surface area contributed by atoms with Gasteiger partial charge in [-0.2, -0.15) is 0 Å². The predicted octanol–water partition coefficient (Wildman–Crippen LogP) is 2.10. The predicted molar refractivity (Wildman–Crippen MR) is 77.7 cm³/mol. The van der Waals surface area contributed by atoms with E-state index in [0.717, 1.165) is 5.56 Å². The Kier molecular flexibility index (Phi) is 5.54. The molecule has 21 heavy (non-hydrogen) atoms. The molecule has 2 aromatic carbocycles. The first-order chi connectivity index (χ1) is 10.2. The fourth-order valence-electron chi connectivity index (χ4n) is 1.71. The van der Waals surface area contributed by atoms with Crippen molar-refractivity contribution < 1.29 is 19.0 Å². The molecule has 0 amide bonds. The Morgan fingerprint density at radius 3 is 2.29 bits per heavy atom. The molecule has 0 aliphatic carbocycles. The van der Waals surface area contributed by atoms with Gasteiger partial charge in [0.15, 0.2) is 0 Å². The minimum absolute atomic E-state index is 0.0321. The summed E-state index contributed by atoms with van der Waals surface area (Å²) in [6.45, 7) is 0.603. The lowest BCUT2D eigenvalue weighted by Gasteiger charge is -2.13. The molecule has 3 N–H and O–H groups in total. The summed E-state index contributed by atoms with van der Waals surface area (Å²) in [5.74, 6) is 0.650. The van der Waals surface area contributed by atoms with E-state index in [1.165, 1.54) is 12.1 Å². The monoisotopic (exact) mass is 291 g/mol. The van der Waals surface area contributed by atoms with Crippen molar-refractivity contribution in [2.75, 3.05) is 13.2 Å². The lowest BCUT2D eigenvalue weighted by molar-refractivity contribution is 0.0625. The van der Waals surface area contributed by atoms with E-state index >= 15 is 0 Å². The lowest BCUT2D eigenvalue weighted by Crippen LogP contribution is -2.25. The number of ether oxygens (including phenoxy) is 2. The maximum absolute atomic E-state index is 12.9. The summed E-state index contributed by atoms with van der Waals surface area (Å²) < 4.78 is 23.7. The van der Waals surface area contributed by atoms with Gasteiger partial charge in [0, 0.05) is 12.6 Å². The van der Waals surface area contributed by atoms with Crippen LogP contribution in [-0.2, 0) is 6.54 Å². The van der Waals surface area contributed by atoms with Crippen LogP contribution in [0.25, 0.3) is 0 Å². The molecule has 0 heterocycles. The third kappa shape index (κ3) is 5.06. The quantitative estimate of drug-likeness (QED) is 0.820. The van der Waals surface area contributed by atoms with E-state index in [1.807, 2.05) is 12.1 Å². The highest BCUT2D eigenvalue weighted by Gasteiger charge is 2.07. The van der Waals surface area contributed by atoms with E-state index in [2.05, 4.69) is 0 Å². The summed E-state index contributed by atoms with van der Waals surface area (Å²) in [6, 6.07) is 13.1. The highest BCUT2D eigenvalue weighted by atomic mass is 19.1. The van der Waals surface area contributed by atoms with Crippen LogP contribution in [0.3, 0.4) is 0 Å². The molecular weight excluding hydrogens is 273 g/mol. The van der Waals surface area contributed by atoms with E-state index in [0.29, 0.717) is 18.0 Å². The summed E-state index contributed by atoms with van der Waals surface area (Å²) >= 11 is 0. The molecule has 0 fully saturated rings. The van der Waals surface area contributed by atoms with Crippen molar-refractivity contribution in [3.8, 4) is 11.5 Å². The second-order valence-electron chi connectivity index (χ2n) is 4.58. The van der Waals surface area contributed by atoms with Gasteiger partial charge < -0.3 is 20.3 Å². The standard InChI is InChI=1S/C16H18FNO3/c17-13-2-1-3-16(8-13)21-11-14(19)10-20-15-6-4-12(9-18)5-7-15/h1-8,14,19H,9-11,18H2. The molecule has 1 atom stereocenters. The fraction of sp³-hybridized carbons (Fsp3) is 0.250. The number of benzene rings is 2. The molecule has 0 aliphatic rings. The maximum Gasteiger partial charge on any atom is 0.126 e. The third-order valence-corrected chi connectivity index (χ3v) is 2.84. The van der Waals surface area contributed by atoms with E-state index < -0.39 is 6.10 Å². The molecule has 5 heteroatoms. The van der Waals surface area contributed by atoms with Crippen molar-refractivity contribution >= 4 is 0 Å². The molecule has 1 unspecified atom stereocenters. The highest BCUT2D eigenvalue weighted by Crippen LogP contribution is 2.14. The number of hydrogen-bond acceptors (Lipinski definition) is 4. The molecule has 0 saturated carbocycles. The Hall–Kier alpha value is -2.11. The van der Waals surface area contributed by atoms with Gasteiger partial charge in [0.05, 0.1) is 0 Å². The van der Waals surface area contributed by atoms with Crippen molar-refractivity contribution in [1.82, 2.24) is 0 Å². The van der Waals surface area contributed by atoms with Crippen molar-refractivity contribution in [2.45, 2.75) is 12.6 Å². The number of nitrogens with two attached hydrogens (primary N) is 1. The Balaban J connectivity index is 1.75. The molecule has 2 aromatic rings. The zero-order valence-corrected chi connectivity index (χ0v) is 11.5. The first kappa shape index (κ1) is 15.3. The SMILES string of the molecule is NCc1ccc(OCC(O)COc2cccc(F)c2)cc1. The van der Waals surface area contributed by atoms with Crippen LogP contribution in [0.2, 0.25) is 0 Å². The highest BCUT2D eigenvalue weighted by molar-refractivity contribution is 5.27. The second kappa shape index (κ2) is 7.61. The van der Waals surface area contributed by atoms with Crippen LogP contribution in [0.15, 0.2) is 48.5 Å². The molecule has 112 valence electrons. The number of aliphatic hydroxyl groups excluding tert-OH is 1. The summed E-state index contributed by atoms with van der Waals surface area (Å²) in [6.07, 6.45) is -0.803. The van der Waals surface area contributed by atoms with Gasteiger partial charge in [0.1, 0.15) is 36.6 Å². The van der Waals surface area contributed by atoms with Gasteiger partial charge in [-0.3, -0.25) is 0 Å². The van der Waals surface area contributed by atoms with Crippen molar-refractivity contribution in [3.63, 3.8) is 0 Å². The van der Waals surface area contributed by atoms with Crippen molar-refractivity contribution in [3.05, 3.63) is 59.9 Å². The van der Waals surface area contributed by atoms with Crippen molar-refractivity contribution in [2.24, 2.45) is 5.73 Å². The second-order valence-corrected chi connectivity index (χ2v) is 4.58. The topological polar surface area (TPSA) is 64.7 Å². The Labute approximate surface area is 122 Å². The molecule has 0 bridgehead atoms. The van der Waals surface area contributed by atoms with Crippen LogP contribution in [0.5, 0.6) is 11.5 Å². The van der Waals surface area contributed by atoms with Gasteiger partial charge in [-0.25, -0.2) is 4.39 Å². The minimum Gasteiger partial charge on any atom is -0.491 e. The maximum atomic E-state index is 12.9. The zero-order valence-electron chi connectivity index (χ0n) is 11.5. The average molecular weight is 291 g/mol. The molecule has 0 aliphatic heterocycles. The molecule has 0 spiro atoms. The van der Waals surface area contributed by atoms with Crippen LogP contribution in [0.1, 0.15) is 5.56 Å². The van der Waals surface area contributed by atoms with E-state index in [4.69, 9.17) is 15.2 Å². The smallest absolute Gasteiger partial charge is 0.126 e. The molecular formula is C16H18FNO3. The van der Waals surface area contributed by atoms with Gasteiger partial charge in [0.25, 0.3) is 0 Å². The van der Waals surface area contributed by atoms with Crippen LogP contribution in [0, 0.1) is 5.82 Å². The van der Waals surface area contributed by atoms with Crippen LogP contribution >= 0.6 is 0 Å². The van der Waals surface area contributed by atoms with Crippen LogP contribution in [0.4, 0.5) is 4.39 Å². The third-order valence-electron chi connectivity index (χ3n) is 2.84. The Bertz CT molecular complexity index is 560. The average Bonchev–Trinajstić information content (AvgIpc) is 2.51. The number of aliphatic hydroxyl groups is 1. The van der Waals surface area contributed by atoms with Crippen molar-refractivity contribution in [1.29, 1.82) is 0 Å². The summed E-state index contributed by atoms with van der Waals surface area (Å²) in [7, 11) is 0. The lowest BCUT2D eigenvalue weighted by atomic mass is 10.2. The van der Waals surface area contributed by atoms with Gasteiger partial charge in [-0.1, -0.05) is 18.2 Å². The summed E-state index contributed by atoms with van der Waals surface area (Å²) in [5.41, 5.74) is 6.51. The van der Waals surface area contributed by atoms with Gasteiger partial charge >= 0.3 is 0 Å². The largest absolute Gasteiger partial charge is 0.491 e. The molecule has 0 saturated heterocycles. The van der Waals surface area contributed by atoms with E-state index in [-0.39, 0.29) is 19.0 Å². The molecule has 2 rings (SSSR count). The van der Waals surface area contributed by atoms with Gasteiger partial charge in [0.2, 0.25) is 0 Å². The Morgan fingerprint density at radius 2 is 1.67 bits per heavy atom. The Morgan fingerprint density at radius 1 is 1.00 bits per heavy atom. The van der Waals surface area contributed by atoms with E-state index in [1.54, 1.807) is 24.3 Å². The summed E-state index contributed by atoms with van der Waals surface area (Å²) in [4.78, 5) is 0. The molecule has 0 radical (unpaired) electrons. The van der Waals surface area contributed by atoms with Gasteiger partial charge in [-0.15, -0.1) is 0 Å². The molecule has 0 aromatic heterocycles.